The van der Waals surface area contributed by atoms with Crippen molar-refractivity contribution < 1.29 is 4.79 Å². The number of urea groups is 1. The van der Waals surface area contributed by atoms with Crippen molar-refractivity contribution in [2.45, 2.75) is 32.6 Å². The summed E-state index contributed by atoms with van der Waals surface area (Å²) in [5.74, 6) is 0.166. The van der Waals surface area contributed by atoms with Crippen molar-refractivity contribution in [3.8, 4) is 0 Å². The molecule has 4 rings (SSSR count). The van der Waals surface area contributed by atoms with Crippen molar-refractivity contribution in [3.63, 3.8) is 0 Å². The molecule has 0 spiro atoms. The van der Waals surface area contributed by atoms with Crippen LogP contribution >= 0.6 is 0 Å². The largest absolute Gasteiger partial charge is 0.338 e. The van der Waals surface area contributed by atoms with Crippen LogP contribution in [0.3, 0.4) is 0 Å². The van der Waals surface area contributed by atoms with Crippen LogP contribution in [0.25, 0.3) is 21.5 Å². The molecule has 0 bridgehead atoms. The number of aromatic nitrogens is 2. The molecular formula is C25H26N4O2. The van der Waals surface area contributed by atoms with Crippen LogP contribution in [0.5, 0.6) is 0 Å². The second kappa shape index (κ2) is 9.43. The van der Waals surface area contributed by atoms with Gasteiger partial charge in [0.25, 0.3) is 5.56 Å². The van der Waals surface area contributed by atoms with Crippen LogP contribution in [-0.2, 0) is 12.8 Å². The van der Waals surface area contributed by atoms with E-state index in [1.807, 2.05) is 24.3 Å². The summed E-state index contributed by atoms with van der Waals surface area (Å²) in [5, 5.41) is 10.2. The maximum atomic E-state index is 12.1. The highest BCUT2D eigenvalue weighted by Gasteiger charge is 2.10. The van der Waals surface area contributed by atoms with Gasteiger partial charge in [-0.1, -0.05) is 61.9 Å². The molecule has 6 nitrogen and oxygen atoms in total. The summed E-state index contributed by atoms with van der Waals surface area (Å²) in [6, 6.07) is 20.0. The number of hydrogen-bond acceptors (Lipinski definition) is 3. The van der Waals surface area contributed by atoms with E-state index < -0.39 is 0 Å². The minimum Gasteiger partial charge on any atom is -0.338 e. The first kappa shape index (κ1) is 20.6. The smallest absolute Gasteiger partial charge is 0.321 e. The fourth-order valence-corrected chi connectivity index (χ4v) is 3.86. The summed E-state index contributed by atoms with van der Waals surface area (Å²) in [5.41, 5.74) is 1.60. The zero-order chi connectivity index (χ0) is 21.6. The summed E-state index contributed by atoms with van der Waals surface area (Å²) in [6.45, 7) is 2.64. The van der Waals surface area contributed by atoms with E-state index in [0.29, 0.717) is 18.7 Å². The highest BCUT2D eigenvalue weighted by Crippen LogP contribution is 2.29. The third-order valence-electron chi connectivity index (χ3n) is 5.36. The maximum absolute atomic E-state index is 12.1. The predicted octanol–water partition coefficient (Wildman–Crippen LogP) is 4.78. The number of anilines is 1. The number of rotatable bonds is 7. The Morgan fingerprint density at radius 2 is 1.65 bits per heavy atom. The van der Waals surface area contributed by atoms with E-state index >= 15 is 0 Å². The monoisotopic (exact) mass is 414 g/mol. The number of H-pyrrole nitrogens is 1. The molecular weight excluding hydrogens is 388 g/mol. The van der Waals surface area contributed by atoms with Crippen molar-refractivity contribution in [2.24, 2.45) is 0 Å². The lowest BCUT2D eigenvalue weighted by Gasteiger charge is -2.12. The molecule has 0 atom stereocenters. The number of amides is 2. The second-order valence-corrected chi connectivity index (χ2v) is 7.62. The second-order valence-electron chi connectivity index (χ2n) is 7.62. The minimum atomic E-state index is -0.367. The molecule has 31 heavy (non-hydrogen) atoms. The summed E-state index contributed by atoms with van der Waals surface area (Å²) in [4.78, 5) is 31.2. The zero-order valence-electron chi connectivity index (χ0n) is 17.6. The molecule has 1 heterocycles. The van der Waals surface area contributed by atoms with Gasteiger partial charge in [0.1, 0.15) is 0 Å². The molecule has 0 radical (unpaired) electrons. The lowest BCUT2D eigenvalue weighted by molar-refractivity contribution is 0.252. The molecule has 158 valence electrons. The third-order valence-corrected chi connectivity index (χ3v) is 5.36. The van der Waals surface area contributed by atoms with Crippen LogP contribution in [0.2, 0.25) is 0 Å². The maximum Gasteiger partial charge on any atom is 0.321 e. The number of carbonyl (C=O) groups is 1. The van der Waals surface area contributed by atoms with Gasteiger partial charge in [0.05, 0.1) is 5.69 Å². The molecule has 0 unspecified atom stereocenters. The van der Waals surface area contributed by atoms with Crippen LogP contribution in [-0.4, -0.2) is 22.5 Å². The van der Waals surface area contributed by atoms with Crippen molar-refractivity contribution in [1.82, 2.24) is 15.3 Å². The number of hydrogen-bond donors (Lipinski definition) is 3. The highest BCUT2D eigenvalue weighted by molar-refractivity contribution is 6.02. The minimum absolute atomic E-state index is 0.166. The van der Waals surface area contributed by atoms with Crippen molar-refractivity contribution in [2.75, 3.05) is 11.9 Å². The van der Waals surface area contributed by atoms with E-state index in [1.165, 1.54) is 33.2 Å². The Morgan fingerprint density at radius 3 is 2.32 bits per heavy atom. The van der Waals surface area contributed by atoms with Gasteiger partial charge >= 0.3 is 6.03 Å². The molecule has 0 aliphatic rings. The average molecular weight is 415 g/mol. The van der Waals surface area contributed by atoms with Gasteiger partial charge in [0.15, 0.2) is 0 Å². The zero-order valence-corrected chi connectivity index (χ0v) is 17.6. The molecule has 0 aliphatic carbocycles. The van der Waals surface area contributed by atoms with Crippen molar-refractivity contribution >= 4 is 33.5 Å². The van der Waals surface area contributed by atoms with Crippen LogP contribution in [0.1, 0.15) is 31.0 Å². The van der Waals surface area contributed by atoms with E-state index in [9.17, 15) is 9.59 Å². The lowest BCUT2D eigenvalue weighted by atomic mass is 9.93. The van der Waals surface area contributed by atoms with Gasteiger partial charge in [0, 0.05) is 12.6 Å². The summed E-state index contributed by atoms with van der Waals surface area (Å²) < 4.78 is 0. The summed E-state index contributed by atoms with van der Waals surface area (Å²) in [7, 11) is 0. The van der Waals surface area contributed by atoms with Gasteiger partial charge in [0.2, 0.25) is 5.95 Å². The normalized spacial score (nSPS) is 11.0. The number of nitrogens with one attached hydrogen (secondary N) is 3. The number of aromatic amines is 1. The van der Waals surface area contributed by atoms with E-state index in [1.54, 1.807) is 0 Å². The Hall–Kier alpha value is -3.67. The molecule has 0 aliphatic heterocycles. The molecule has 0 fully saturated rings. The Morgan fingerprint density at radius 1 is 0.968 bits per heavy atom. The Bertz CT molecular complexity index is 1230. The lowest BCUT2D eigenvalue weighted by Crippen LogP contribution is -2.31. The molecule has 6 heteroatoms. The average Bonchev–Trinajstić information content (AvgIpc) is 2.76. The first-order valence-electron chi connectivity index (χ1n) is 10.7. The Balaban J connectivity index is 1.58. The van der Waals surface area contributed by atoms with Crippen LogP contribution < -0.4 is 16.2 Å². The number of benzene rings is 3. The Kier molecular flexibility index (Phi) is 6.26. The van der Waals surface area contributed by atoms with Crippen molar-refractivity contribution in [1.29, 1.82) is 0 Å². The van der Waals surface area contributed by atoms with Gasteiger partial charge in [-0.2, -0.15) is 0 Å². The van der Waals surface area contributed by atoms with E-state index in [4.69, 9.17) is 0 Å². The quantitative estimate of drug-likeness (QED) is 0.300. The van der Waals surface area contributed by atoms with E-state index in [2.05, 4.69) is 57.9 Å². The number of unbranched alkanes of at least 4 members (excludes halogenated alkanes) is 1. The number of aryl methyl sites for hydroxylation is 2. The molecule has 3 N–H and O–H groups in total. The SMILES string of the molecule is CCCCNC(=O)Nc1nc(CCc2c3ccccc3cc3ccccc23)cc(=O)[nH]1. The van der Waals surface area contributed by atoms with Crippen LogP contribution in [0.15, 0.2) is 65.5 Å². The summed E-state index contributed by atoms with van der Waals surface area (Å²) in [6.07, 6.45) is 3.22. The van der Waals surface area contributed by atoms with Gasteiger partial charge in [-0.3, -0.25) is 15.1 Å². The number of carbonyl (C=O) groups excluding carboxylic acids is 1. The van der Waals surface area contributed by atoms with E-state index in [0.717, 1.165) is 19.3 Å². The highest BCUT2D eigenvalue weighted by atomic mass is 16.2. The van der Waals surface area contributed by atoms with Gasteiger partial charge < -0.3 is 5.32 Å². The number of fused-ring (bicyclic) bond motifs is 2. The fraction of sp³-hybridized carbons (Fsp3) is 0.240. The van der Waals surface area contributed by atoms with Crippen LogP contribution in [0.4, 0.5) is 10.7 Å². The first-order chi connectivity index (χ1) is 15.1. The van der Waals surface area contributed by atoms with Crippen molar-refractivity contribution in [3.05, 3.63) is 82.3 Å². The van der Waals surface area contributed by atoms with Gasteiger partial charge in [-0.15, -0.1) is 0 Å². The molecule has 0 saturated heterocycles. The molecule has 3 aromatic carbocycles. The first-order valence-corrected chi connectivity index (χ1v) is 10.7. The third kappa shape index (κ3) is 4.91. The molecule has 0 saturated carbocycles. The number of nitrogens with zero attached hydrogens (tertiary/aromatic N) is 1. The Labute approximate surface area is 180 Å². The van der Waals surface area contributed by atoms with Gasteiger partial charge in [-0.25, -0.2) is 9.78 Å². The van der Waals surface area contributed by atoms with E-state index in [-0.39, 0.29) is 17.5 Å². The predicted molar refractivity (Wildman–Crippen MR) is 126 cm³/mol. The molecule has 4 aromatic rings. The standard InChI is InChI=1S/C25H26N4O2/c1-2-3-14-26-25(31)29-24-27-19(16-23(30)28-24)12-13-22-20-10-6-4-8-17(20)15-18-9-5-7-11-21(18)22/h4-11,15-16H,2-3,12-14H2,1H3,(H3,26,27,28,29,30,31). The van der Waals surface area contributed by atoms with Gasteiger partial charge in [-0.05, 0) is 52.4 Å². The fourth-order valence-electron chi connectivity index (χ4n) is 3.86. The molecule has 2 amide bonds. The molecule has 1 aromatic heterocycles. The summed E-state index contributed by atoms with van der Waals surface area (Å²) >= 11 is 0. The van der Waals surface area contributed by atoms with Crippen LogP contribution in [0, 0.1) is 0 Å². The topological polar surface area (TPSA) is 86.9 Å².